The van der Waals surface area contributed by atoms with Gasteiger partial charge in [-0.2, -0.15) is 0 Å². The highest BCUT2D eigenvalue weighted by atomic mass is 16.4. The molecule has 0 saturated heterocycles. The molecule has 2 heterocycles. The molecule has 0 amide bonds. The molecule has 0 aliphatic heterocycles. The van der Waals surface area contributed by atoms with Gasteiger partial charge in [0.25, 0.3) is 0 Å². The molecule has 0 bridgehead atoms. The molecule has 1 saturated carbocycles. The van der Waals surface area contributed by atoms with E-state index in [4.69, 9.17) is 5.11 Å². The van der Waals surface area contributed by atoms with Gasteiger partial charge in [-0.3, -0.25) is 4.79 Å². The quantitative estimate of drug-likeness (QED) is 0.369. The molecular weight excluding hydrogens is 378 g/mol. The molecule has 0 aromatic carbocycles. The Morgan fingerprint density at radius 2 is 1.83 bits per heavy atom. The number of hydrogen-bond donors (Lipinski definition) is 1. The summed E-state index contributed by atoms with van der Waals surface area (Å²) in [5.74, 6) is 0.238. The highest BCUT2D eigenvalue weighted by Gasteiger charge is 2.24. The third-order valence-electron chi connectivity index (χ3n) is 6.03. The lowest BCUT2D eigenvalue weighted by molar-refractivity contribution is -0.137. The van der Waals surface area contributed by atoms with E-state index in [1.54, 1.807) is 6.33 Å². The number of hydrogen-bond acceptors (Lipinski definition) is 5. The highest BCUT2D eigenvalue weighted by molar-refractivity contribution is 5.83. The first-order valence-electron chi connectivity index (χ1n) is 11.5. The van der Waals surface area contributed by atoms with Crippen molar-refractivity contribution >= 4 is 23.0 Å². The molecule has 1 fully saturated rings. The number of aromatic nitrogens is 4. The van der Waals surface area contributed by atoms with Crippen LogP contribution >= 0.6 is 0 Å². The van der Waals surface area contributed by atoms with Gasteiger partial charge in [0.05, 0.1) is 6.33 Å². The number of carboxylic acids is 1. The van der Waals surface area contributed by atoms with Crippen LogP contribution in [0, 0.1) is 0 Å². The van der Waals surface area contributed by atoms with Gasteiger partial charge in [0.1, 0.15) is 6.33 Å². The summed E-state index contributed by atoms with van der Waals surface area (Å²) >= 11 is 0. The third kappa shape index (κ3) is 6.03. The van der Waals surface area contributed by atoms with Crippen LogP contribution in [0.1, 0.15) is 77.0 Å². The van der Waals surface area contributed by atoms with E-state index < -0.39 is 5.97 Å². The number of carbonyl (C=O) groups is 1. The van der Waals surface area contributed by atoms with Crippen LogP contribution in [0.4, 0.5) is 5.82 Å². The Bertz CT molecular complexity index is 813. The van der Waals surface area contributed by atoms with E-state index in [1.807, 2.05) is 12.4 Å². The first kappa shape index (κ1) is 22.2. The van der Waals surface area contributed by atoms with Crippen LogP contribution in [0.25, 0.3) is 11.2 Å². The molecule has 0 radical (unpaired) electrons. The van der Waals surface area contributed by atoms with Gasteiger partial charge >= 0.3 is 5.97 Å². The van der Waals surface area contributed by atoms with Crippen LogP contribution in [0.5, 0.6) is 0 Å². The lowest BCUT2D eigenvalue weighted by Crippen LogP contribution is -2.37. The molecule has 1 aliphatic rings. The van der Waals surface area contributed by atoms with Crippen LogP contribution in [-0.4, -0.2) is 43.2 Å². The monoisotopic (exact) mass is 413 g/mol. The van der Waals surface area contributed by atoms with Gasteiger partial charge in [-0.1, -0.05) is 51.0 Å². The topological polar surface area (TPSA) is 84.1 Å². The Morgan fingerprint density at radius 1 is 1.10 bits per heavy atom. The third-order valence-corrected chi connectivity index (χ3v) is 6.03. The van der Waals surface area contributed by atoms with Crippen LogP contribution in [-0.2, 0) is 11.3 Å². The minimum absolute atomic E-state index is 0.285. The summed E-state index contributed by atoms with van der Waals surface area (Å²) < 4.78 is 2.14. The van der Waals surface area contributed by atoms with Gasteiger partial charge in [-0.25, -0.2) is 15.0 Å². The van der Waals surface area contributed by atoms with Gasteiger partial charge in [0.15, 0.2) is 17.0 Å². The molecule has 1 aliphatic carbocycles. The van der Waals surface area contributed by atoms with Crippen LogP contribution in [0.15, 0.2) is 25.3 Å². The highest BCUT2D eigenvalue weighted by Crippen LogP contribution is 2.29. The summed E-state index contributed by atoms with van der Waals surface area (Å²) in [5, 5.41) is 8.68. The van der Waals surface area contributed by atoms with Crippen molar-refractivity contribution < 1.29 is 9.90 Å². The number of fused-ring (bicyclic) bond motifs is 1. The van der Waals surface area contributed by atoms with Crippen molar-refractivity contribution in [2.45, 2.75) is 89.6 Å². The fourth-order valence-electron chi connectivity index (χ4n) is 4.45. The molecular formula is C23H35N5O2. The Morgan fingerprint density at radius 3 is 2.57 bits per heavy atom. The molecule has 0 unspecified atom stereocenters. The van der Waals surface area contributed by atoms with Crippen molar-refractivity contribution in [2.75, 3.05) is 11.4 Å². The summed E-state index contributed by atoms with van der Waals surface area (Å²) in [6.45, 7) is 5.63. The van der Waals surface area contributed by atoms with E-state index in [0.29, 0.717) is 6.04 Å². The summed E-state index contributed by atoms with van der Waals surface area (Å²) in [6.07, 6.45) is 18.3. The van der Waals surface area contributed by atoms with Gasteiger partial charge in [0, 0.05) is 25.6 Å². The van der Waals surface area contributed by atoms with Gasteiger partial charge in [-0.15, -0.1) is 6.58 Å². The smallest absolute Gasteiger partial charge is 0.303 e. The van der Waals surface area contributed by atoms with Crippen molar-refractivity contribution in [3.05, 3.63) is 25.3 Å². The Balaban J connectivity index is 1.57. The zero-order valence-electron chi connectivity index (χ0n) is 18.0. The van der Waals surface area contributed by atoms with Gasteiger partial charge < -0.3 is 14.6 Å². The summed E-state index contributed by atoms with van der Waals surface area (Å²) in [5.41, 5.74) is 1.80. The fraction of sp³-hybridized carbons (Fsp3) is 0.652. The molecule has 164 valence electrons. The Hall–Kier alpha value is -2.44. The number of aryl methyl sites for hydroxylation is 1. The van der Waals surface area contributed by atoms with Crippen molar-refractivity contribution in [1.82, 2.24) is 19.5 Å². The fourth-order valence-corrected chi connectivity index (χ4v) is 4.45. The average molecular weight is 414 g/mol. The van der Waals surface area contributed by atoms with Crippen molar-refractivity contribution in [3.8, 4) is 0 Å². The normalized spacial score (nSPS) is 14.8. The molecule has 2 aromatic heterocycles. The predicted octanol–water partition coefficient (Wildman–Crippen LogP) is 4.97. The van der Waals surface area contributed by atoms with E-state index in [2.05, 4.69) is 31.0 Å². The predicted molar refractivity (Wildman–Crippen MR) is 120 cm³/mol. The summed E-state index contributed by atoms with van der Waals surface area (Å²) in [7, 11) is 0. The van der Waals surface area contributed by atoms with Crippen LogP contribution in [0.3, 0.4) is 0 Å². The average Bonchev–Trinajstić information content (AvgIpc) is 3.18. The minimum atomic E-state index is -0.696. The standard InChI is InChI=1S/C23H35N5O2/c1-2-15-28(19-12-8-7-9-13-19)23-21-22(24-17-25-23)27(18-26-21)16-11-6-4-3-5-10-14-20(29)30/h2,17-19H,1,3-16H2,(H,29,30). The maximum Gasteiger partial charge on any atom is 0.303 e. The summed E-state index contributed by atoms with van der Waals surface area (Å²) in [6, 6.07) is 0.501. The van der Waals surface area contributed by atoms with E-state index in [-0.39, 0.29) is 6.42 Å². The molecule has 7 heteroatoms. The molecule has 2 aromatic rings. The van der Waals surface area contributed by atoms with E-state index in [9.17, 15) is 4.79 Å². The van der Waals surface area contributed by atoms with Gasteiger partial charge in [-0.05, 0) is 25.7 Å². The number of anilines is 1. The van der Waals surface area contributed by atoms with E-state index in [0.717, 1.165) is 68.6 Å². The number of imidazole rings is 1. The lowest BCUT2D eigenvalue weighted by atomic mass is 9.94. The number of rotatable bonds is 13. The number of aliphatic carboxylic acids is 1. The second-order valence-corrected chi connectivity index (χ2v) is 8.31. The molecule has 7 nitrogen and oxygen atoms in total. The van der Waals surface area contributed by atoms with Crippen molar-refractivity contribution in [2.24, 2.45) is 0 Å². The number of nitrogens with zero attached hydrogens (tertiary/aromatic N) is 5. The van der Waals surface area contributed by atoms with Crippen LogP contribution in [0.2, 0.25) is 0 Å². The largest absolute Gasteiger partial charge is 0.481 e. The molecule has 0 spiro atoms. The van der Waals surface area contributed by atoms with E-state index >= 15 is 0 Å². The number of carboxylic acid groups (broad SMARTS) is 1. The second-order valence-electron chi connectivity index (χ2n) is 8.31. The molecule has 1 N–H and O–H groups in total. The lowest BCUT2D eigenvalue weighted by Gasteiger charge is -2.34. The first-order chi connectivity index (χ1) is 14.7. The summed E-state index contributed by atoms with van der Waals surface area (Å²) in [4.78, 5) is 26.7. The molecule has 3 rings (SSSR count). The zero-order valence-corrected chi connectivity index (χ0v) is 18.0. The van der Waals surface area contributed by atoms with Crippen molar-refractivity contribution in [1.29, 1.82) is 0 Å². The molecule has 30 heavy (non-hydrogen) atoms. The SMILES string of the molecule is C=CCN(c1ncnc2c1ncn2CCCCCCCCC(=O)O)C1CCCCC1. The second kappa shape index (κ2) is 11.7. The van der Waals surface area contributed by atoms with Crippen LogP contribution < -0.4 is 4.90 Å². The van der Waals surface area contributed by atoms with Crippen molar-refractivity contribution in [3.63, 3.8) is 0 Å². The minimum Gasteiger partial charge on any atom is -0.481 e. The first-order valence-corrected chi connectivity index (χ1v) is 11.5. The Kier molecular flexibility index (Phi) is 8.66. The Labute approximate surface area is 179 Å². The maximum absolute atomic E-state index is 10.5. The number of unbranched alkanes of at least 4 members (excludes halogenated alkanes) is 5. The van der Waals surface area contributed by atoms with E-state index in [1.165, 1.54) is 32.1 Å². The molecule has 0 atom stereocenters. The van der Waals surface area contributed by atoms with Gasteiger partial charge in [0.2, 0.25) is 0 Å². The zero-order chi connectivity index (χ0) is 21.2. The maximum atomic E-state index is 10.5.